The summed E-state index contributed by atoms with van der Waals surface area (Å²) < 4.78 is 43.5. The van der Waals surface area contributed by atoms with E-state index >= 15 is 0 Å². The summed E-state index contributed by atoms with van der Waals surface area (Å²) in [6.07, 6.45) is -4.69. The zero-order chi connectivity index (χ0) is 23.8. The third-order valence-corrected chi connectivity index (χ3v) is 5.45. The van der Waals surface area contributed by atoms with Crippen molar-refractivity contribution in [2.75, 3.05) is 38.2 Å². The van der Waals surface area contributed by atoms with Crippen molar-refractivity contribution in [2.45, 2.75) is 20.0 Å². The van der Waals surface area contributed by atoms with Crippen molar-refractivity contribution in [3.05, 3.63) is 56.4 Å². The number of nitrogens with one attached hydrogen (secondary N) is 1. The normalized spacial score (nSPS) is 14.4. The number of aromatic nitrogens is 1. The summed E-state index contributed by atoms with van der Waals surface area (Å²) in [7, 11) is 1.25. The molecule has 1 aliphatic rings. The number of carbonyl (C=O) groups excluding carboxylic acids is 2. The molecule has 9 nitrogen and oxygen atoms in total. The average Bonchev–Trinajstić information content (AvgIpc) is 3.05. The molecule has 172 valence electrons. The molecule has 2 aromatic rings. The highest BCUT2D eigenvalue weighted by Crippen LogP contribution is 2.36. The van der Waals surface area contributed by atoms with Crippen LogP contribution in [0.4, 0.5) is 24.5 Å². The van der Waals surface area contributed by atoms with Gasteiger partial charge >= 0.3 is 12.1 Å². The minimum Gasteiger partial charge on any atom is -0.465 e. The van der Waals surface area contributed by atoms with E-state index in [0.29, 0.717) is 17.3 Å². The number of amides is 1. The predicted molar refractivity (Wildman–Crippen MR) is 108 cm³/mol. The van der Waals surface area contributed by atoms with Crippen LogP contribution in [0.3, 0.4) is 0 Å². The SMILES string of the molecule is COC(=O)c1c(C)[nH]c(C(=O)N2CCN(c3ccc(C(F)(F)F)cc3[N+](=O)[O-])CC2)c1C. The van der Waals surface area contributed by atoms with E-state index in [1.54, 1.807) is 18.7 Å². The zero-order valence-corrected chi connectivity index (χ0v) is 17.6. The number of nitro groups is 1. The van der Waals surface area contributed by atoms with Crippen LogP contribution in [-0.4, -0.2) is 60.0 Å². The van der Waals surface area contributed by atoms with Crippen LogP contribution < -0.4 is 4.90 Å². The number of nitrogens with zero attached hydrogens (tertiary/aromatic N) is 3. The number of halogens is 3. The molecule has 3 rings (SSSR count). The Balaban J connectivity index is 1.78. The van der Waals surface area contributed by atoms with E-state index in [1.807, 2.05) is 0 Å². The highest BCUT2D eigenvalue weighted by atomic mass is 19.4. The van der Waals surface area contributed by atoms with Crippen LogP contribution in [0.2, 0.25) is 0 Å². The number of hydrogen-bond donors (Lipinski definition) is 1. The Kier molecular flexibility index (Phi) is 6.15. The number of ether oxygens (including phenoxy) is 1. The molecule has 1 aromatic heterocycles. The highest BCUT2D eigenvalue weighted by molar-refractivity contribution is 6.00. The van der Waals surface area contributed by atoms with E-state index < -0.39 is 28.3 Å². The Hall–Kier alpha value is -3.57. The number of esters is 1. The zero-order valence-electron chi connectivity index (χ0n) is 17.6. The van der Waals surface area contributed by atoms with Crippen molar-refractivity contribution in [2.24, 2.45) is 0 Å². The van der Waals surface area contributed by atoms with E-state index in [-0.39, 0.29) is 49.0 Å². The summed E-state index contributed by atoms with van der Waals surface area (Å²) in [5.41, 5.74) is -0.183. The van der Waals surface area contributed by atoms with Crippen molar-refractivity contribution in [3.8, 4) is 0 Å². The van der Waals surface area contributed by atoms with Gasteiger partial charge in [0.1, 0.15) is 11.4 Å². The van der Waals surface area contributed by atoms with Crippen molar-refractivity contribution in [1.29, 1.82) is 0 Å². The Bertz CT molecular complexity index is 1070. The summed E-state index contributed by atoms with van der Waals surface area (Å²) in [6, 6.07) is 2.41. The van der Waals surface area contributed by atoms with Crippen LogP contribution in [0.5, 0.6) is 0 Å². The first-order chi connectivity index (χ1) is 15.0. The largest absolute Gasteiger partial charge is 0.465 e. The molecule has 1 fully saturated rings. The molecule has 1 amide bonds. The van der Waals surface area contributed by atoms with Crippen molar-refractivity contribution in [3.63, 3.8) is 0 Å². The van der Waals surface area contributed by atoms with Gasteiger partial charge in [-0.25, -0.2) is 4.79 Å². The molecular weight excluding hydrogens is 433 g/mol. The highest BCUT2D eigenvalue weighted by Gasteiger charge is 2.35. The minimum absolute atomic E-state index is 0.0648. The molecule has 1 aromatic carbocycles. The van der Waals surface area contributed by atoms with Crippen LogP contribution in [0, 0.1) is 24.0 Å². The Labute approximate surface area is 180 Å². The van der Waals surface area contributed by atoms with Gasteiger partial charge in [-0.15, -0.1) is 0 Å². The first-order valence-corrected chi connectivity index (χ1v) is 9.63. The van der Waals surface area contributed by atoms with Gasteiger partial charge < -0.3 is 19.5 Å². The van der Waals surface area contributed by atoms with E-state index in [1.165, 1.54) is 12.0 Å². The maximum Gasteiger partial charge on any atom is 0.416 e. The van der Waals surface area contributed by atoms with Crippen molar-refractivity contribution >= 4 is 23.3 Å². The van der Waals surface area contributed by atoms with E-state index in [2.05, 4.69) is 4.98 Å². The van der Waals surface area contributed by atoms with Gasteiger partial charge in [-0.05, 0) is 31.5 Å². The molecule has 1 N–H and O–H groups in total. The van der Waals surface area contributed by atoms with Crippen LogP contribution in [-0.2, 0) is 10.9 Å². The van der Waals surface area contributed by atoms with Gasteiger partial charge in [-0.2, -0.15) is 13.2 Å². The quantitative estimate of drug-likeness (QED) is 0.431. The van der Waals surface area contributed by atoms with Crippen molar-refractivity contribution in [1.82, 2.24) is 9.88 Å². The predicted octanol–water partition coefficient (Wildman–Crippen LogP) is 3.31. The topological polar surface area (TPSA) is 109 Å². The smallest absolute Gasteiger partial charge is 0.416 e. The van der Waals surface area contributed by atoms with Crippen LogP contribution >= 0.6 is 0 Å². The first kappa shape index (κ1) is 23.1. The number of nitro benzene ring substituents is 1. The molecule has 0 radical (unpaired) electrons. The summed E-state index contributed by atoms with van der Waals surface area (Å²) in [5, 5.41) is 11.4. The van der Waals surface area contributed by atoms with Crippen LogP contribution in [0.15, 0.2) is 18.2 Å². The summed E-state index contributed by atoms with van der Waals surface area (Å²) in [4.78, 5) is 41.4. The molecule has 0 bridgehead atoms. The van der Waals surface area contributed by atoms with E-state index in [9.17, 15) is 32.9 Å². The Morgan fingerprint density at radius 1 is 1.16 bits per heavy atom. The fourth-order valence-electron chi connectivity index (χ4n) is 3.79. The van der Waals surface area contributed by atoms with Gasteiger partial charge in [0, 0.05) is 37.9 Å². The van der Waals surface area contributed by atoms with Gasteiger partial charge in [0.15, 0.2) is 0 Å². The number of aromatic amines is 1. The second-order valence-corrected chi connectivity index (χ2v) is 7.35. The number of piperazine rings is 1. The molecule has 1 aliphatic heterocycles. The second kappa shape index (κ2) is 8.52. The number of H-pyrrole nitrogens is 1. The number of methoxy groups -OCH3 is 1. The third-order valence-electron chi connectivity index (χ3n) is 5.45. The molecule has 1 saturated heterocycles. The van der Waals surface area contributed by atoms with Gasteiger partial charge in [0.2, 0.25) is 0 Å². The average molecular weight is 454 g/mol. The van der Waals surface area contributed by atoms with E-state index in [0.717, 1.165) is 12.1 Å². The molecule has 0 saturated carbocycles. The number of benzene rings is 1. The summed E-state index contributed by atoms with van der Waals surface area (Å²) in [5.74, 6) is -0.906. The standard InChI is InChI=1S/C20H21F3N4O5/c1-11-16(19(29)32-3)12(2)24-17(11)18(28)26-8-6-25(7-9-26)14-5-4-13(20(21,22)23)10-15(14)27(30)31/h4-5,10,24H,6-9H2,1-3H3. The second-order valence-electron chi connectivity index (χ2n) is 7.35. The lowest BCUT2D eigenvalue weighted by molar-refractivity contribution is -0.384. The first-order valence-electron chi connectivity index (χ1n) is 9.63. The Morgan fingerprint density at radius 3 is 2.31 bits per heavy atom. The third kappa shape index (κ3) is 4.25. The number of rotatable bonds is 4. The molecule has 0 atom stereocenters. The van der Waals surface area contributed by atoms with Crippen LogP contribution in [0.25, 0.3) is 0 Å². The number of alkyl halides is 3. The maximum absolute atomic E-state index is 13.0. The lowest BCUT2D eigenvalue weighted by Crippen LogP contribution is -2.49. The fourth-order valence-corrected chi connectivity index (χ4v) is 3.79. The Morgan fingerprint density at radius 2 is 1.78 bits per heavy atom. The van der Waals surface area contributed by atoms with Gasteiger partial charge in [-0.1, -0.05) is 0 Å². The van der Waals surface area contributed by atoms with Gasteiger partial charge in [-0.3, -0.25) is 14.9 Å². The summed E-state index contributed by atoms with van der Waals surface area (Å²) >= 11 is 0. The molecule has 0 spiro atoms. The molecule has 12 heteroatoms. The lowest BCUT2D eigenvalue weighted by atomic mass is 10.1. The minimum atomic E-state index is -4.69. The number of anilines is 1. The number of carbonyl (C=O) groups is 2. The van der Waals surface area contributed by atoms with Gasteiger partial charge in [0.25, 0.3) is 11.6 Å². The van der Waals surface area contributed by atoms with Crippen LogP contribution in [0.1, 0.15) is 37.7 Å². The van der Waals surface area contributed by atoms with Crippen molar-refractivity contribution < 1.29 is 32.4 Å². The molecule has 0 aliphatic carbocycles. The molecule has 0 unspecified atom stereocenters. The number of hydrogen-bond acceptors (Lipinski definition) is 6. The molecular formula is C20H21F3N4O5. The monoisotopic (exact) mass is 454 g/mol. The molecule has 32 heavy (non-hydrogen) atoms. The van der Waals surface area contributed by atoms with Gasteiger partial charge in [0.05, 0.1) is 23.2 Å². The number of aryl methyl sites for hydroxylation is 1. The van der Waals surface area contributed by atoms with E-state index in [4.69, 9.17) is 4.74 Å². The summed E-state index contributed by atoms with van der Waals surface area (Å²) in [6.45, 7) is 4.06. The maximum atomic E-state index is 13.0. The fraction of sp³-hybridized carbons (Fsp3) is 0.400. The lowest BCUT2D eigenvalue weighted by Gasteiger charge is -2.35. The molecule has 2 heterocycles.